The van der Waals surface area contributed by atoms with Gasteiger partial charge in [-0.2, -0.15) is 0 Å². The lowest BCUT2D eigenvalue weighted by Crippen LogP contribution is -2.06. The summed E-state index contributed by atoms with van der Waals surface area (Å²) in [5.41, 5.74) is 3.32. The molecule has 2 aromatic rings. The second-order valence-corrected chi connectivity index (χ2v) is 3.20. The quantitative estimate of drug-likeness (QED) is 0.595. The number of hydrazine groups is 1. The van der Waals surface area contributed by atoms with Crippen molar-refractivity contribution in [2.24, 2.45) is 5.84 Å². The molecular formula is C10H12N4O2. The average Bonchev–Trinajstić information content (AvgIpc) is 2.76. The lowest BCUT2D eigenvalue weighted by Gasteiger charge is -2.05. The molecule has 6 nitrogen and oxygen atoms in total. The first-order valence-corrected chi connectivity index (χ1v) is 4.77. The number of nitrogen functional groups attached to an aromatic ring is 1. The van der Waals surface area contributed by atoms with Gasteiger partial charge in [-0.3, -0.25) is 5.43 Å². The summed E-state index contributed by atoms with van der Waals surface area (Å²) >= 11 is 0. The maximum absolute atomic E-state index is 5.52. The number of aromatic nitrogens is 2. The third-order valence-electron chi connectivity index (χ3n) is 2.04. The highest BCUT2D eigenvalue weighted by Crippen LogP contribution is 2.17. The number of nitrogens with one attached hydrogen (secondary N) is 1. The molecular weight excluding hydrogens is 208 g/mol. The van der Waals surface area contributed by atoms with Crippen LogP contribution in [-0.4, -0.2) is 10.2 Å². The van der Waals surface area contributed by atoms with Crippen molar-refractivity contribution in [3.8, 4) is 5.75 Å². The van der Waals surface area contributed by atoms with Crippen LogP contribution in [0, 0.1) is 6.92 Å². The highest BCUT2D eigenvalue weighted by atomic mass is 16.5. The summed E-state index contributed by atoms with van der Waals surface area (Å²) in [6.45, 7) is 2.19. The molecule has 0 aliphatic heterocycles. The van der Waals surface area contributed by atoms with Crippen LogP contribution >= 0.6 is 0 Å². The first-order valence-electron chi connectivity index (χ1n) is 4.77. The molecule has 1 aromatic carbocycles. The van der Waals surface area contributed by atoms with Crippen molar-refractivity contribution in [1.82, 2.24) is 10.2 Å². The fourth-order valence-electron chi connectivity index (χ4n) is 1.23. The standard InChI is InChI=1S/C10H12N4O2/c1-7-4-2-3-5-8(7)15-6-9-13-14-10(12-11)16-9/h2-5H,6,11H2,1H3,(H,12,14). The van der Waals surface area contributed by atoms with E-state index >= 15 is 0 Å². The van der Waals surface area contributed by atoms with Gasteiger partial charge in [0, 0.05) is 0 Å². The number of hydrogen-bond acceptors (Lipinski definition) is 6. The van der Waals surface area contributed by atoms with Crippen molar-refractivity contribution in [1.29, 1.82) is 0 Å². The largest absolute Gasteiger partial charge is 0.484 e. The number of anilines is 1. The molecule has 1 heterocycles. The Morgan fingerprint density at radius 1 is 1.38 bits per heavy atom. The minimum atomic E-state index is 0.170. The summed E-state index contributed by atoms with van der Waals surface area (Å²) in [5.74, 6) is 6.27. The first-order chi connectivity index (χ1) is 7.79. The molecule has 0 saturated carbocycles. The van der Waals surface area contributed by atoms with Gasteiger partial charge in [0.1, 0.15) is 5.75 Å². The zero-order chi connectivity index (χ0) is 11.4. The Hall–Kier alpha value is -2.08. The van der Waals surface area contributed by atoms with Gasteiger partial charge in [0.25, 0.3) is 5.89 Å². The van der Waals surface area contributed by atoms with E-state index in [2.05, 4.69) is 15.6 Å². The van der Waals surface area contributed by atoms with Crippen molar-refractivity contribution in [3.63, 3.8) is 0 Å². The van der Waals surface area contributed by atoms with Gasteiger partial charge in [0.2, 0.25) is 0 Å². The van der Waals surface area contributed by atoms with E-state index in [0.717, 1.165) is 11.3 Å². The Bertz CT molecular complexity index is 469. The van der Waals surface area contributed by atoms with E-state index in [-0.39, 0.29) is 12.6 Å². The molecule has 6 heteroatoms. The Balaban J connectivity index is 1.99. The van der Waals surface area contributed by atoms with Crippen LogP contribution in [0.3, 0.4) is 0 Å². The second kappa shape index (κ2) is 4.63. The normalized spacial score (nSPS) is 10.1. The van der Waals surface area contributed by atoms with E-state index in [1.165, 1.54) is 0 Å². The SMILES string of the molecule is Cc1ccccc1OCc1nnc(NN)o1. The van der Waals surface area contributed by atoms with E-state index in [1.54, 1.807) is 0 Å². The third-order valence-corrected chi connectivity index (χ3v) is 2.04. The number of rotatable bonds is 4. The van der Waals surface area contributed by atoms with Crippen LogP contribution in [-0.2, 0) is 6.61 Å². The number of nitrogens with two attached hydrogens (primary N) is 1. The summed E-state index contributed by atoms with van der Waals surface area (Å²) < 4.78 is 10.6. The molecule has 0 fully saturated rings. The van der Waals surface area contributed by atoms with Gasteiger partial charge in [0.15, 0.2) is 6.61 Å². The molecule has 16 heavy (non-hydrogen) atoms. The molecule has 0 radical (unpaired) electrons. The Labute approximate surface area is 92.4 Å². The van der Waals surface area contributed by atoms with Gasteiger partial charge in [-0.15, -0.1) is 5.10 Å². The topological polar surface area (TPSA) is 86.2 Å². The summed E-state index contributed by atoms with van der Waals surface area (Å²) in [6.07, 6.45) is 0. The van der Waals surface area contributed by atoms with Gasteiger partial charge >= 0.3 is 6.01 Å². The van der Waals surface area contributed by atoms with Crippen LogP contribution in [0.4, 0.5) is 6.01 Å². The number of benzene rings is 1. The summed E-state index contributed by atoms with van der Waals surface area (Å²) in [5, 5.41) is 7.38. The fraction of sp³-hybridized carbons (Fsp3) is 0.200. The molecule has 0 unspecified atom stereocenters. The molecule has 0 spiro atoms. The van der Waals surface area contributed by atoms with Crippen molar-refractivity contribution in [2.45, 2.75) is 13.5 Å². The summed E-state index contributed by atoms with van der Waals surface area (Å²) in [7, 11) is 0. The molecule has 0 bridgehead atoms. The van der Waals surface area contributed by atoms with Crippen LogP contribution in [0.1, 0.15) is 11.5 Å². The number of aryl methyl sites for hydroxylation is 1. The summed E-state index contributed by atoms with van der Waals surface area (Å²) in [4.78, 5) is 0. The minimum Gasteiger partial charge on any atom is -0.484 e. The lowest BCUT2D eigenvalue weighted by atomic mass is 10.2. The van der Waals surface area contributed by atoms with Gasteiger partial charge in [0.05, 0.1) is 0 Å². The zero-order valence-electron chi connectivity index (χ0n) is 8.80. The van der Waals surface area contributed by atoms with E-state index in [1.807, 2.05) is 31.2 Å². The smallest absolute Gasteiger partial charge is 0.330 e. The maximum Gasteiger partial charge on any atom is 0.330 e. The van der Waals surface area contributed by atoms with Gasteiger partial charge in [-0.1, -0.05) is 23.3 Å². The molecule has 1 aromatic heterocycles. The van der Waals surface area contributed by atoms with E-state index < -0.39 is 0 Å². The van der Waals surface area contributed by atoms with Crippen LogP contribution in [0.5, 0.6) is 5.75 Å². The predicted molar refractivity (Wildman–Crippen MR) is 57.6 cm³/mol. The number of ether oxygens (including phenoxy) is 1. The van der Waals surface area contributed by atoms with Gasteiger partial charge in [-0.05, 0) is 18.6 Å². The lowest BCUT2D eigenvalue weighted by molar-refractivity contribution is 0.263. The van der Waals surface area contributed by atoms with Crippen molar-refractivity contribution in [2.75, 3.05) is 5.43 Å². The van der Waals surface area contributed by atoms with Gasteiger partial charge < -0.3 is 9.15 Å². The zero-order valence-corrected chi connectivity index (χ0v) is 8.80. The van der Waals surface area contributed by atoms with Crippen LogP contribution < -0.4 is 16.0 Å². The molecule has 84 valence electrons. The van der Waals surface area contributed by atoms with Crippen LogP contribution in [0.15, 0.2) is 28.7 Å². The molecule has 0 aliphatic rings. The Morgan fingerprint density at radius 2 is 2.19 bits per heavy atom. The van der Waals surface area contributed by atoms with Crippen molar-refractivity contribution < 1.29 is 9.15 Å². The first kappa shape index (κ1) is 10.4. The van der Waals surface area contributed by atoms with Gasteiger partial charge in [-0.25, -0.2) is 5.84 Å². The van der Waals surface area contributed by atoms with Crippen molar-refractivity contribution in [3.05, 3.63) is 35.7 Å². The highest BCUT2D eigenvalue weighted by Gasteiger charge is 2.05. The van der Waals surface area contributed by atoms with Crippen molar-refractivity contribution >= 4 is 6.01 Å². The molecule has 3 N–H and O–H groups in total. The predicted octanol–water partition coefficient (Wildman–Crippen LogP) is 1.24. The second-order valence-electron chi connectivity index (χ2n) is 3.20. The third kappa shape index (κ3) is 2.29. The monoisotopic (exact) mass is 220 g/mol. The van der Waals surface area contributed by atoms with Crippen LogP contribution in [0.2, 0.25) is 0 Å². The average molecular weight is 220 g/mol. The van der Waals surface area contributed by atoms with E-state index in [9.17, 15) is 0 Å². The molecule has 0 aliphatic carbocycles. The van der Waals surface area contributed by atoms with Crippen LogP contribution in [0.25, 0.3) is 0 Å². The molecule has 2 rings (SSSR count). The summed E-state index contributed by atoms with van der Waals surface area (Å²) in [6, 6.07) is 7.88. The maximum atomic E-state index is 5.52. The van der Waals surface area contributed by atoms with E-state index in [4.69, 9.17) is 15.0 Å². The number of para-hydroxylation sites is 1. The highest BCUT2D eigenvalue weighted by molar-refractivity contribution is 5.31. The minimum absolute atomic E-state index is 0.170. The number of nitrogens with zero attached hydrogens (tertiary/aromatic N) is 2. The molecule has 0 amide bonds. The fourth-order valence-corrected chi connectivity index (χ4v) is 1.23. The van der Waals surface area contributed by atoms with E-state index in [0.29, 0.717) is 5.89 Å². The Morgan fingerprint density at radius 3 is 2.88 bits per heavy atom. The Kier molecular flexibility index (Phi) is 3.02. The molecule has 0 atom stereocenters. The number of hydrogen-bond donors (Lipinski definition) is 2. The molecule has 0 saturated heterocycles.